The molecule has 3 aromatic rings. The molecule has 0 aromatic heterocycles. The largest absolute Gasteiger partial charge is 0.344 e. The molecule has 0 saturated heterocycles. The highest BCUT2D eigenvalue weighted by atomic mass is 16.2. The third-order valence-electron chi connectivity index (χ3n) is 4.31. The summed E-state index contributed by atoms with van der Waals surface area (Å²) in [7, 11) is 0. The molecule has 0 aliphatic heterocycles. The van der Waals surface area contributed by atoms with Gasteiger partial charge in [-0.25, -0.2) is 0 Å². The summed E-state index contributed by atoms with van der Waals surface area (Å²) >= 11 is 0. The Hall–Kier alpha value is -3.31. The van der Waals surface area contributed by atoms with Gasteiger partial charge in [0.25, 0.3) is 0 Å². The zero-order valence-electron chi connectivity index (χ0n) is 13.9. The van der Waals surface area contributed by atoms with Gasteiger partial charge in [0, 0.05) is 0 Å². The minimum Gasteiger partial charge on any atom is -0.344 e. The number of carbonyl (C=O) groups is 1. The van der Waals surface area contributed by atoms with Gasteiger partial charge in [-0.15, -0.1) is 6.42 Å². The summed E-state index contributed by atoms with van der Waals surface area (Å²) in [6.07, 6.45) is 5.37. The second-order valence-electron chi connectivity index (χ2n) is 5.73. The second kappa shape index (κ2) is 7.51. The molecule has 0 fully saturated rings. The topological polar surface area (TPSA) is 29.1 Å². The van der Waals surface area contributed by atoms with Crippen molar-refractivity contribution >= 4 is 5.91 Å². The fourth-order valence-corrected chi connectivity index (χ4v) is 3.22. The van der Waals surface area contributed by atoms with Crippen molar-refractivity contribution in [1.82, 2.24) is 5.32 Å². The maximum atomic E-state index is 13.4. The average Bonchev–Trinajstić information content (AvgIpc) is 2.69. The van der Waals surface area contributed by atoms with Crippen LogP contribution in [0.1, 0.15) is 16.7 Å². The second-order valence-corrected chi connectivity index (χ2v) is 5.73. The van der Waals surface area contributed by atoms with Gasteiger partial charge >= 0.3 is 0 Å². The molecule has 2 nitrogen and oxygen atoms in total. The molecule has 0 saturated carbocycles. The van der Waals surface area contributed by atoms with E-state index >= 15 is 0 Å². The highest BCUT2D eigenvalue weighted by Gasteiger charge is 2.43. The van der Waals surface area contributed by atoms with Crippen LogP contribution in [0.15, 0.2) is 91.0 Å². The first-order chi connectivity index (χ1) is 12.3. The molecule has 0 aliphatic carbocycles. The van der Waals surface area contributed by atoms with Gasteiger partial charge in [-0.05, 0) is 16.7 Å². The fraction of sp³-hybridized carbons (Fsp3) is 0.0870. The van der Waals surface area contributed by atoms with Crippen LogP contribution in [0.25, 0.3) is 0 Å². The lowest BCUT2D eigenvalue weighted by Crippen LogP contribution is -2.46. The minimum atomic E-state index is -0.958. The fourth-order valence-electron chi connectivity index (χ4n) is 3.22. The molecule has 0 radical (unpaired) electrons. The molecule has 1 amide bonds. The van der Waals surface area contributed by atoms with Crippen molar-refractivity contribution in [3.8, 4) is 12.3 Å². The van der Waals surface area contributed by atoms with E-state index in [1.54, 1.807) is 0 Å². The Bertz CT molecular complexity index is 768. The van der Waals surface area contributed by atoms with Crippen molar-refractivity contribution < 1.29 is 4.79 Å². The standard InChI is InChI=1S/C23H19NO/c1-2-18-24-22(25)23(19-12-6-3-7-13-19,20-14-8-4-9-15-20)21-16-10-5-11-17-21/h1,3-17H,18H2,(H,24,25). The van der Waals surface area contributed by atoms with Crippen LogP contribution in [0.3, 0.4) is 0 Å². The SMILES string of the molecule is C#CCNC(=O)C(c1ccccc1)(c1ccccc1)c1ccccc1. The van der Waals surface area contributed by atoms with Gasteiger partial charge in [0.05, 0.1) is 6.54 Å². The number of amides is 1. The van der Waals surface area contributed by atoms with Crippen molar-refractivity contribution in [3.05, 3.63) is 108 Å². The van der Waals surface area contributed by atoms with Crippen LogP contribution in [-0.2, 0) is 10.2 Å². The number of carbonyl (C=O) groups excluding carboxylic acids is 1. The van der Waals surface area contributed by atoms with Crippen molar-refractivity contribution in [3.63, 3.8) is 0 Å². The van der Waals surface area contributed by atoms with Gasteiger partial charge < -0.3 is 5.32 Å². The third kappa shape index (κ3) is 3.05. The predicted molar refractivity (Wildman–Crippen MR) is 101 cm³/mol. The van der Waals surface area contributed by atoms with Crippen LogP contribution in [0, 0.1) is 12.3 Å². The molecule has 1 N–H and O–H groups in total. The van der Waals surface area contributed by atoms with Crippen LogP contribution in [-0.4, -0.2) is 12.5 Å². The minimum absolute atomic E-state index is 0.131. The Morgan fingerprint density at radius 2 is 1.12 bits per heavy atom. The molecule has 3 aromatic carbocycles. The summed E-state index contributed by atoms with van der Waals surface area (Å²) in [6.45, 7) is 0.188. The Balaban J connectivity index is 2.32. The Morgan fingerprint density at radius 3 is 1.44 bits per heavy atom. The zero-order valence-corrected chi connectivity index (χ0v) is 13.9. The van der Waals surface area contributed by atoms with Crippen LogP contribution in [0.2, 0.25) is 0 Å². The lowest BCUT2D eigenvalue weighted by molar-refractivity contribution is -0.123. The summed E-state index contributed by atoms with van der Waals surface area (Å²) in [5.74, 6) is 2.36. The monoisotopic (exact) mass is 325 g/mol. The zero-order chi connectivity index (χ0) is 17.5. The first-order valence-electron chi connectivity index (χ1n) is 8.18. The molecule has 0 bridgehead atoms. The average molecular weight is 325 g/mol. The Morgan fingerprint density at radius 1 is 0.760 bits per heavy atom. The van der Waals surface area contributed by atoms with Gasteiger partial charge in [-0.3, -0.25) is 4.79 Å². The van der Waals surface area contributed by atoms with E-state index in [2.05, 4.69) is 11.2 Å². The van der Waals surface area contributed by atoms with Gasteiger partial charge in [0.15, 0.2) is 0 Å². The highest BCUT2D eigenvalue weighted by molar-refractivity contribution is 5.96. The van der Waals surface area contributed by atoms with E-state index in [4.69, 9.17) is 6.42 Å². The molecule has 122 valence electrons. The lowest BCUT2D eigenvalue weighted by Gasteiger charge is -2.34. The Kier molecular flexibility index (Phi) is 4.97. The number of nitrogens with one attached hydrogen (secondary N) is 1. The van der Waals surface area contributed by atoms with E-state index in [1.807, 2.05) is 91.0 Å². The summed E-state index contributed by atoms with van der Waals surface area (Å²) < 4.78 is 0. The predicted octanol–water partition coefficient (Wildman–Crippen LogP) is 3.77. The molecule has 0 aliphatic rings. The van der Waals surface area contributed by atoms with Crippen LogP contribution >= 0.6 is 0 Å². The maximum absolute atomic E-state index is 13.4. The molecular formula is C23H19NO. The van der Waals surface area contributed by atoms with Crippen LogP contribution in [0.4, 0.5) is 0 Å². The number of hydrogen-bond acceptors (Lipinski definition) is 1. The van der Waals surface area contributed by atoms with Crippen molar-refractivity contribution in [2.45, 2.75) is 5.41 Å². The van der Waals surface area contributed by atoms with Gasteiger partial charge in [0.2, 0.25) is 5.91 Å². The maximum Gasteiger partial charge on any atom is 0.240 e. The molecule has 25 heavy (non-hydrogen) atoms. The molecule has 0 heterocycles. The molecular weight excluding hydrogens is 306 g/mol. The third-order valence-corrected chi connectivity index (χ3v) is 4.31. The Labute approximate surface area is 148 Å². The van der Waals surface area contributed by atoms with E-state index in [1.165, 1.54) is 0 Å². The van der Waals surface area contributed by atoms with Crippen molar-refractivity contribution in [1.29, 1.82) is 0 Å². The first-order valence-corrected chi connectivity index (χ1v) is 8.18. The van der Waals surface area contributed by atoms with Crippen molar-refractivity contribution in [2.75, 3.05) is 6.54 Å². The van der Waals surface area contributed by atoms with Gasteiger partial charge in [0.1, 0.15) is 5.41 Å². The quantitative estimate of drug-likeness (QED) is 0.561. The summed E-state index contributed by atoms with van der Waals surface area (Å²) in [5.41, 5.74) is 1.76. The number of hydrogen-bond donors (Lipinski definition) is 1. The normalized spacial score (nSPS) is 10.7. The summed E-state index contributed by atoms with van der Waals surface area (Å²) in [5, 5.41) is 2.89. The van der Waals surface area contributed by atoms with E-state index in [9.17, 15) is 4.79 Å². The molecule has 0 spiro atoms. The number of benzene rings is 3. The summed E-state index contributed by atoms with van der Waals surface area (Å²) in [6, 6.07) is 29.4. The first kappa shape index (κ1) is 16.5. The van der Waals surface area contributed by atoms with Crippen LogP contribution < -0.4 is 5.32 Å². The smallest absolute Gasteiger partial charge is 0.240 e. The summed E-state index contributed by atoms with van der Waals surface area (Å²) in [4.78, 5) is 13.4. The van der Waals surface area contributed by atoms with E-state index < -0.39 is 5.41 Å². The highest BCUT2D eigenvalue weighted by Crippen LogP contribution is 2.39. The van der Waals surface area contributed by atoms with Crippen molar-refractivity contribution in [2.24, 2.45) is 0 Å². The lowest BCUT2D eigenvalue weighted by atomic mass is 9.68. The van der Waals surface area contributed by atoms with Gasteiger partial charge in [-0.2, -0.15) is 0 Å². The van der Waals surface area contributed by atoms with Gasteiger partial charge in [-0.1, -0.05) is 96.9 Å². The molecule has 0 unspecified atom stereocenters. The molecule has 3 rings (SSSR count). The van der Waals surface area contributed by atoms with E-state index in [0.717, 1.165) is 16.7 Å². The van der Waals surface area contributed by atoms with E-state index in [0.29, 0.717) is 0 Å². The van der Waals surface area contributed by atoms with Crippen LogP contribution in [0.5, 0.6) is 0 Å². The molecule has 0 atom stereocenters. The number of rotatable bonds is 5. The molecule has 2 heteroatoms. The van der Waals surface area contributed by atoms with E-state index in [-0.39, 0.29) is 12.5 Å². The number of terminal acetylenes is 1.